The average Bonchev–Trinajstić information content (AvgIpc) is 3.12. The fraction of sp³-hybridized carbons (Fsp3) is 0.381. The van der Waals surface area contributed by atoms with Gasteiger partial charge in [0.25, 0.3) is 5.91 Å². The van der Waals surface area contributed by atoms with Gasteiger partial charge >= 0.3 is 5.97 Å². The van der Waals surface area contributed by atoms with Gasteiger partial charge in [-0.2, -0.15) is 0 Å². The van der Waals surface area contributed by atoms with E-state index in [1.165, 1.54) is 11.3 Å². The zero-order chi connectivity index (χ0) is 20.8. The van der Waals surface area contributed by atoms with Gasteiger partial charge in [0.2, 0.25) is 5.91 Å². The molecule has 1 unspecified atom stereocenters. The molecule has 7 nitrogen and oxygen atoms in total. The number of primary amides is 1. The Morgan fingerprint density at radius 1 is 1.28 bits per heavy atom. The summed E-state index contributed by atoms with van der Waals surface area (Å²) >= 11 is 1.35. The maximum Gasteiger partial charge on any atom is 0.341 e. The first kappa shape index (κ1) is 21.0. The number of thiophene rings is 1. The monoisotopic (exact) mass is 416 g/mol. The summed E-state index contributed by atoms with van der Waals surface area (Å²) in [5, 5.41) is 3.35. The Balaban J connectivity index is 1.74. The number of hydrogen-bond donors (Lipinski definition) is 3. The third-order valence-corrected chi connectivity index (χ3v) is 6.07. The number of nitrogens with one attached hydrogen (secondary N) is 2. The number of amides is 2. The van der Waals surface area contributed by atoms with E-state index in [4.69, 9.17) is 10.5 Å². The van der Waals surface area contributed by atoms with Gasteiger partial charge in [0, 0.05) is 4.88 Å². The van der Waals surface area contributed by atoms with Gasteiger partial charge in [0.05, 0.1) is 31.2 Å². The van der Waals surface area contributed by atoms with E-state index in [1.807, 2.05) is 30.3 Å². The van der Waals surface area contributed by atoms with Crippen LogP contribution in [0, 0.1) is 5.92 Å². The van der Waals surface area contributed by atoms with Crippen LogP contribution >= 0.6 is 11.3 Å². The van der Waals surface area contributed by atoms with Crippen LogP contribution in [0.5, 0.6) is 0 Å². The fourth-order valence-corrected chi connectivity index (χ4v) is 4.61. The van der Waals surface area contributed by atoms with Crippen LogP contribution in [0.15, 0.2) is 36.4 Å². The van der Waals surface area contributed by atoms with Gasteiger partial charge in [-0.1, -0.05) is 30.3 Å². The van der Waals surface area contributed by atoms with E-state index in [9.17, 15) is 14.4 Å². The summed E-state index contributed by atoms with van der Waals surface area (Å²) in [6, 6.07) is 11.4. The third kappa shape index (κ3) is 5.42. The molecule has 1 aliphatic rings. The number of quaternary nitrogens is 1. The summed E-state index contributed by atoms with van der Waals surface area (Å²) in [7, 11) is 0. The van der Waals surface area contributed by atoms with Crippen molar-refractivity contribution in [2.45, 2.75) is 19.8 Å². The summed E-state index contributed by atoms with van der Waals surface area (Å²) in [4.78, 5) is 38.4. The lowest BCUT2D eigenvalue weighted by Crippen LogP contribution is -3.14. The van der Waals surface area contributed by atoms with Crippen molar-refractivity contribution in [1.82, 2.24) is 0 Å². The molecule has 1 aliphatic heterocycles. The minimum Gasteiger partial charge on any atom is -0.462 e. The second-order valence-corrected chi connectivity index (χ2v) is 8.16. The summed E-state index contributed by atoms with van der Waals surface area (Å²) in [5.74, 6) is -1.15. The number of benzene rings is 1. The first-order valence-electron chi connectivity index (χ1n) is 9.77. The smallest absolute Gasteiger partial charge is 0.341 e. The van der Waals surface area contributed by atoms with Crippen molar-refractivity contribution in [3.05, 3.63) is 42.0 Å². The van der Waals surface area contributed by atoms with Gasteiger partial charge < -0.3 is 20.7 Å². The van der Waals surface area contributed by atoms with Gasteiger partial charge in [-0.25, -0.2) is 4.79 Å². The van der Waals surface area contributed by atoms with E-state index in [-0.39, 0.29) is 30.9 Å². The van der Waals surface area contributed by atoms with Gasteiger partial charge in [0.1, 0.15) is 5.00 Å². The van der Waals surface area contributed by atoms with Crippen molar-refractivity contribution in [2.24, 2.45) is 11.7 Å². The fourth-order valence-electron chi connectivity index (χ4n) is 3.54. The number of rotatable bonds is 7. The Morgan fingerprint density at radius 2 is 2.03 bits per heavy atom. The van der Waals surface area contributed by atoms with E-state index in [0.717, 1.165) is 34.7 Å². The zero-order valence-electron chi connectivity index (χ0n) is 16.4. The van der Waals surface area contributed by atoms with Crippen LogP contribution in [0.3, 0.4) is 0 Å². The lowest BCUT2D eigenvalue weighted by atomic mass is 9.97. The Hall–Kier alpha value is -2.71. The molecule has 2 atom stereocenters. The zero-order valence-corrected chi connectivity index (χ0v) is 17.2. The maximum atomic E-state index is 12.6. The summed E-state index contributed by atoms with van der Waals surface area (Å²) in [6.45, 7) is 3.62. The molecule has 0 bridgehead atoms. The number of hydrogen-bond acceptors (Lipinski definition) is 5. The van der Waals surface area contributed by atoms with Gasteiger partial charge in [-0.05, 0) is 31.4 Å². The van der Waals surface area contributed by atoms with E-state index >= 15 is 0 Å². The minimum absolute atomic E-state index is 0.187. The largest absolute Gasteiger partial charge is 0.462 e. The number of carbonyl (C=O) groups excluding carboxylic acids is 3. The molecule has 1 aromatic carbocycles. The maximum absolute atomic E-state index is 12.6. The van der Waals surface area contributed by atoms with Crippen molar-refractivity contribution >= 4 is 34.1 Å². The van der Waals surface area contributed by atoms with Crippen molar-refractivity contribution in [2.75, 3.05) is 31.6 Å². The van der Waals surface area contributed by atoms with Crippen molar-refractivity contribution in [3.8, 4) is 10.4 Å². The molecular weight excluding hydrogens is 390 g/mol. The first-order valence-corrected chi connectivity index (χ1v) is 10.6. The van der Waals surface area contributed by atoms with E-state index < -0.39 is 5.97 Å². The molecule has 2 amide bonds. The highest BCUT2D eigenvalue weighted by molar-refractivity contribution is 7.20. The topological polar surface area (TPSA) is 103 Å². The molecule has 0 radical (unpaired) electrons. The highest BCUT2D eigenvalue weighted by Gasteiger charge is 2.29. The van der Waals surface area contributed by atoms with Crippen LogP contribution in [-0.2, 0) is 14.3 Å². The van der Waals surface area contributed by atoms with Crippen LogP contribution in [0.25, 0.3) is 10.4 Å². The minimum atomic E-state index is -0.458. The quantitative estimate of drug-likeness (QED) is 0.592. The van der Waals surface area contributed by atoms with E-state index in [0.29, 0.717) is 17.1 Å². The summed E-state index contributed by atoms with van der Waals surface area (Å²) < 4.78 is 5.15. The number of carbonyl (C=O) groups is 3. The van der Waals surface area contributed by atoms with Gasteiger partial charge in [-0.3, -0.25) is 9.59 Å². The molecule has 0 saturated carbocycles. The molecule has 29 heavy (non-hydrogen) atoms. The standard InChI is InChI=1S/C21H25N3O4S/c1-2-28-21(27)16-11-17(14-7-4-3-5-8-14)29-20(16)23-18(25)13-24-10-6-9-15(12-24)19(22)26/h3-5,7-8,11,15H,2,6,9-10,12-13H2,1H3,(H2,22,26)(H,23,25)/p+1/t15-/m0/s1. The first-order chi connectivity index (χ1) is 14.0. The highest BCUT2D eigenvalue weighted by atomic mass is 32.1. The molecule has 1 saturated heterocycles. The Kier molecular flexibility index (Phi) is 7.00. The predicted molar refractivity (Wildman–Crippen MR) is 112 cm³/mol. The van der Waals surface area contributed by atoms with E-state index in [2.05, 4.69) is 5.32 Å². The second-order valence-electron chi connectivity index (χ2n) is 7.11. The molecule has 1 fully saturated rings. The van der Waals surface area contributed by atoms with Crippen LogP contribution in [0.1, 0.15) is 30.1 Å². The van der Waals surface area contributed by atoms with Gasteiger partial charge in [-0.15, -0.1) is 11.3 Å². The summed E-state index contributed by atoms with van der Waals surface area (Å²) in [6.07, 6.45) is 1.64. The number of nitrogens with two attached hydrogens (primary N) is 1. The molecule has 4 N–H and O–H groups in total. The van der Waals surface area contributed by atoms with Crippen LogP contribution in [-0.4, -0.2) is 44.0 Å². The lowest BCUT2D eigenvalue weighted by molar-refractivity contribution is -0.899. The highest BCUT2D eigenvalue weighted by Crippen LogP contribution is 2.35. The molecule has 3 rings (SSSR count). The Morgan fingerprint density at radius 3 is 2.72 bits per heavy atom. The molecule has 154 valence electrons. The molecule has 2 aromatic rings. The number of piperidine rings is 1. The summed E-state index contributed by atoms with van der Waals surface area (Å²) in [5.41, 5.74) is 6.74. The number of anilines is 1. The van der Waals surface area contributed by atoms with Gasteiger partial charge in [0.15, 0.2) is 6.54 Å². The molecule has 0 spiro atoms. The Bertz CT molecular complexity index is 881. The predicted octanol–water partition coefficient (Wildman–Crippen LogP) is 1.31. The molecule has 0 aliphatic carbocycles. The van der Waals surface area contributed by atoms with Crippen molar-refractivity contribution < 1.29 is 24.0 Å². The van der Waals surface area contributed by atoms with Crippen LogP contribution < -0.4 is 16.0 Å². The van der Waals surface area contributed by atoms with E-state index in [1.54, 1.807) is 13.0 Å². The Labute approximate surface area is 173 Å². The second kappa shape index (κ2) is 9.67. The SMILES string of the molecule is CCOC(=O)c1cc(-c2ccccc2)sc1NC(=O)C[NH+]1CCC[C@H](C(N)=O)C1. The number of esters is 1. The number of likely N-dealkylation sites (tertiary alicyclic amines) is 1. The lowest BCUT2D eigenvalue weighted by Gasteiger charge is -2.27. The normalized spacial score (nSPS) is 18.8. The number of ether oxygens (including phenoxy) is 1. The molecule has 1 aromatic heterocycles. The molecular formula is C21H26N3O4S+. The van der Waals surface area contributed by atoms with Crippen LogP contribution in [0.2, 0.25) is 0 Å². The van der Waals surface area contributed by atoms with Crippen molar-refractivity contribution in [1.29, 1.82) is 0 Å². The average molecular weight is 417 g/mol. The van der Waals surface area contributed by atoms with Crippen molar-refractivity contribution in [3.63, 3.8) is 0 Å². The van der Waals surface area contributed by atoms with Crippen LogP contribution in [0.4, 0.5) is 5.00 Å². The molecule has 2 heterocycles. The third-order valence-electron chi connectivity index (χ3n) is 4.97. The molecule has 8 heteroatoms.